The summed E-state index contributed by atoms with van der Waals surface area (Å²) >= 11 is 0. The standard InChI is InChI=1S/C28H61N3OSi/c1-6-9-15-19-29(20-16-10-7-2)22-25-31-26-23-30(24-27-31)21-17-13-11-12-14-18-28-33(4,5)32-8-3/h6-28H2,1-5H3. The Morgan fingerprint density at radius 2 is 1.12 bits per heavy atom. The molecule has 0 atom stereocenters. The molecule has 1 aliphatic rings. The molecule has 0 saturated carbocycles. The molecule has 4 nitrogen and oxygen atoms in total. The Kier molecular flexibility index (Phi) is 19.1. The Balaban J connectivity index is 2.05. The normalized spacial score (nSPS) is 16.2. The van der Waals surface area contributed by atoms with Crippen LogP contribution in [0.25, 0.3) is 0 Å². The smallest absolute Gasteiger partial charge is 0.186 e. The van der Waals surface area contributed by atoms with Gasteiger partial charge in [0.1, 0.15) is 0 Å². The molecule has 1 heterocycles. The molecule has 0 aliphatic carbocycles. The van der Waals surface area contributed by atoms with Crippen LogP contribution in [0.2, 0.25) is 19.1 Å². The van der Waals surface area contributed by atoms with Crippen molar-refractivity contribution in [2.24, 2.45) is 0 Å². The molecule has 0 N–H and O–H groups in total. The maximum atomic E-state index is 5.94. The van der Waals surface area contributed by atoms with Gasteiger partial charge in [0.15, 0.2) is 8.32 Å². The first-order valence-corrected chi connectivity index (χ1v) is 17.9. The molecule has 0 unspecified atom stereocenters. The maximum Gasteiger partial charge on any atom is 0.186 e. The lowest BCUT2D eigenvalue weighted by Crippen LogP contribution is -2.48. The average molecular weight is 484 g/mol. The van der Waals surface area contributed by atoms with Crippen LogP contribution in [0, 0.1) is 0 Å². The third-order valence-corrected chi connectivity index (χ3v) is 10.0. The van der Waals surface area contributed by atoms with Crippen molar-refractivity contribution in [3.63, 3.8) is 0 Å². The van der Waals surface area contributed by atoms with Gasteiger partial charge in [0.05, 0.1) is 0 Å². The lowest BCUT2D eigenvalue weighted by molar-refractivity contribution is 0.116. The van der Waals surface area contributed by atoms with Gasteiger partial charge in [-0.25, -0.2) is 0 Å². The van der Waals surface area contributed by atoms with Crippen molar-refractivity contribution < 1.29 is 4.43 Å². The highest BCUT2D eigenvalue weighted by Gasteiger charge is 2.20. The predicted octanol–water partition coefficient (Wildman–Crippen LogP) is 6.87. The summed E-state index contributed by atoms with van der Waals surface area (Å²) in [7, 11) is -1.35. The zero-order valence-corrected chi connectivity index (χ0v) is 24.5. The fraction of sp³-hybridized carbons (Fsp3) is 1.00. The van der Waals surface area contributed by atoms with Gasteiger partial charge in [0.2, 0.25) is 0 Å². The summed E-state index contributed by atoms with van der Waals surface area (Å²) in [6, 6.07) is 1.33. The van der Waals surface area contributed by atoms with E-state index in [1.165, 1.54) is 142 Å². The van der Waals surface area contributed by atoms with Crippen molar-refractivity contribution in [2.75, 3.05) is 65.5 Å². The maximum absolute atomic E-state index is 5.94. The van der Waals surface area contributed by atoms with E-state index in [1.54, 1.807) is 0 Å². The highest BCUT2D eigenvalue weighted by Crippen LogP contribution is 2.17. The largest absolute Gasteiger partial charge is 0.418 e. The van der Waals surface area contributed by atoms with Crippen LogP contribution in [0.15, 0.2) is 0 Å². The molecule has 1 rings (SSSR count). The number of hydrogen-bond acceptors (Lipinski definition) is 4. The van der Waals surface area contributed by atoms with E-state index in [0.29, 0.717) is 0 Å². The van der Waals surface area contributed by atoms with Crippen molar-refractivity contribution in [1.29, 1.82) is 0 Å². The minimum absolute atomic E-state index is 0.893. The van der Waals surface area contributed by atoms with Crippen LogP contribution in [0.5, 0.6) is 0 Å². The van der Waals surface area contributed by atoms with Crippen molar-refractivity contribution in [3.05, 3.63) is 0 Å². The molecule has 0 spiro atoms. The van der Waals surface area contributed by atoms with E-state index in [1.807, 2.05) is 0 Å². The third kappa shape index (κ3) is 17.2. The first-order valence-electron chi connectivity index (χ1n) is 14.8. The molecule has 0 aromatic carbocycles. The predicted molar refractivity (Wildman–Crippen MR) is 150 cm³/mol. The van der Waals surface area contributed by atoms with Crippen molar-refractivity contribution >= 4 is 8.32 Å². The monoisotopic (exact) mass is 483 g/mol. The first kappa shape index (κ1) is 31.1. The molecule has 0 radical (unpaired) electrons. The van der Waals surface area contributed by atoms with Gasteiger partial charge in [-0.2, -0.15) is 0 Å². The van der Waals surface area contributed by atoms with Crippen molar-refractivity contribution in [1.82, 2.24) is 14.7 Å². The van der Waals surface area contributed by atoms with Crippen LogP contribution < -0.4 is 0 Å². The number of unbranched alkanes of at least 4 members (excludes halogenated alkanes) is 9. The number of nitrogens with zero attached hydrogens (tertiary/aromatic N) is 3. The van der Waals surface area contributed by atoms with Gasteiger partial charge in [0, 0.05) is 45.9 Å². The second-order valence-electron chi connectivity index (χ2n) is 11.0. The van der Waals surface area contributed by atoms with Crippen LogP contribution in [-0.2, 0) is 4.43 Å². The molecule has 0 amide bonds. The van der Waals surface area contributed by atoms with E-state index in [9.17, 15) is 0 Å². The highest BCUT2D eigenvalue weighted by atomic mass is 28.4. The van der Waals surface area contributed by atoms with Crippen molar-refractivity contribution in [2.45, 2.75) is 117 Å². The minimum atomic E-state index is -1.35. The molecule has 198 valence electrons. The summed E-state index contributed by atoms with van der Waals surface area (Å²) < 4.78 is 5.94. The topological polar surface area (TPSA) is 19.0 Å². The van der Waals surface area contributed by atoms with Gasteiger partial charge >= 0.3 is 0 Å². The quantitative estimate of drug-likeness (QED) is 0.123. The van der Waals surface area contributed by atoms with E-state index in [4.69, 9.17) is 4.43 Å². The van der Waals surface area contributed by atoms with Gasteiger partial charge in [-0.15, -0.1) is 0 Å². The fourth-order valence-electron chi connectivity index (χ4n) is 5.08. The summed E-state index contributed by atoms with van der Waals surface area (Å²) in [6.45, 7) is 24.0. The molecule has 33 heavy (non-hydrogen) atoms. The number of rotatable bonds is 22. The summed E-state index contributed by atoms with van der Waals surface area (Å²) in [6.07, 6.45) is 16.6. The Morgan fingerprint density at radius 1 is 0.606 bits per heavy atom. The van der Waals surface area contributed by atoms with Gasteiger partial charge in [-0.3, -0.25) is 4.90 Å². The molecule has 0 bridgehead atoms. The molecular weight excluding hydrogens is 422 g/mol. The molecular formula is C28H61N3OSi. The van der Waals surface area contributed by atoms with Crippen LogP contribution in [-0.4, -0.2) is 88.5 Å². The Bertz CT molecular complexity index is 417. The lowest BCUT2D eigenvalue weighted by atomic mass is 10.1. The van der Waals surface area contributed by atoms with Gasteiger partial charge in [-0.1, -0.05) is 71.6 Å². The van der Waals surface area contributed by atoms with Gasteiger partial charge in [-0.05, 0) is 65.0 Å². The minimum Gasteiger partial charge on any atom is -0.418 e. The second kappa shape index (κ2) is 20.3. The van der Waals surface area contributed by atoms with E-state index >= 15 is 0 Å². The summed E-state index contributed by atoms with van der Waals surface area (Å²) in [5, 5.41) is 0. The van der Waals surface area contributed by atoms with Gasteiger partial charge < -0.3 is 14.2 Å². The van der Waals surface area contributed by atoms with Crippen LogP contribution >= 0.6 is 0 Å². The molecule has 1 saturated heterocycles. The van der Waals surface area contributed by atoms with E-state index in [0.717, 1.165) is 6.61 Å². The van der Waals surface area contributed by atoms with Crippen molar-refractivity contribution in [3.8, 4) is 0 Å². The Hall–Kier alpha value is 0.0569. The van der Waals surface area contributed by atoms with Crippen LogP contribution in [0.4, 0.5) is 0 Å². The van der Waals surface area contributed by atoms with E-state index in [-0.39, 0.29) is 0 Å². The highest BCUT2D eigenvalue weighted by molar-refractivity contribution is 6.71. The zero-order chi connectivity index (χ0) is 24.2. The summed E-state index contributed by atoms with van der Waals surface area (Å²) in [5.74, 6) is 0. The van der Waals surface area contributed by atoms with Gasteiger partial charge in [0.25, 0.3) is 0 Å². The number of hydrogen-bond donors (Lipinski definition) is 0. The Labute approximate surface area is 209 Å². The second-order valence-corrected chi connectivity index (χ2v) is 15.3. The fourth-order valence-corrected chi connectivity index (χ4v) is 7.11. The third-order valence-electron chi connectivity index (χ3n) is 7.39. The molecule has 0 aromatic rings. The lowest BCUT2D eigenvalue weighted by Gasteiger charge is -2.36. The zero-order valence-electron chi connectivity index (χ0n) is 23.5. The first-order chi connectivity index (χ1) is 16.0. The SMILES string of the molecule is CCCCCN(CCCCC)CCN1CCN(CCCCCCCC[Si](C)(C)OCC)CC1. The Morgan fingerprint density at radius 3 is 1.67 bits per heavy atom. The van der Waals surface area contributed by atoms with E-state index < -0.39 is 8.32 Å². The molecule has 1 aliphatic heterocycles. The summed E-state index contributed by atoms with van der Waals surface area (Å²) in [4.78, 5) is 8.18. The van der Waals surface area contributed by atoms with E-state index in [2.05, 4.69) is 48.6 Å². The van der Waals surface area contributed by atoms with Crippen LogP contribution in [0.1, 0.15) is 97.8 Å². The van der Waals surface area contributed by atoms with Crippen LogP contribution in [0.3, 0.4) is 0 Å². The number of piperazine rings is 1. The molecule has 5 heteroatoms. The average Bonchev–Trinajstić information content (AvgIpc) is 2.80. The summed E-state index contributed by atoms with van der Waals surface area (Å²) in [5.41, 5.74) is 0. The molecule has 1 fully saturated rings. The molecule has 0 aromatic heterocycles.